The van der Waals surface area contributed by atoms with Crippen LogP contribution in [-0.4, -0.2) is 43.1 Å². The van der Waals surface area contributed by atoms with Crippen LogP contribution in [0.25, 0.3) is 0 Å². The molecule has 2 rings (SSSR count). The third-order valence-corrected chi connectivity index (χ3v) is 3.56. The van der Waals surface area contributed by atoms with Gasteiger partial charge in [-0.25, -0.2) is 0 Å². The summed E-state index contributed by atoms with van der Waals surface area (Å²) < 4.78 is 5.58. The second-order valence-electron chi connectivity index (χ2n) is 5.23. The Morgan fingerprint density at radius 2 is 2.15 bits per heavy atom. The van der Waals surface area contributed by atoms with Crippen molar-refractivity contribution in [2.24, 2.45) is 0 Å². The van der Waals surface area contributed by atoms with E-state index < -0.39 is 0 Å². The van der Waals surface area contributed by atoms with Crippen molar-refractivity contribution in [1.82, 2.24) is 10.2 Å². The molecule has 1 amide bonds. The van der Waals surface area contributed by atoms with E-state index in [-0.39, 0.29) is 24.9 Å². The normalized spacial score (nSPS) is 18.4. The van der Waals surface area contributed by atoms with E-state index in [1.807, 2.05) is 30.0 Å². The minimum atomic E-state index is 0. The van der Waals surface area contributed by atoms with Gasteiger partial charge in [-0.3, -0.25) is 4.79 Å². The van der Waals surface area contributed by atoms with Crippen LogP contribution in [0.1, 0.15) is 18.1 Å². The molecule has 1 unspecified atom stereocenters. The third kappa shape index (κ3) is 4.39. The summed E-state index contributed by atoms with van der Waals surface area (Å²) in [6, 6.07) is 6.26. The highest BCUT2D eigenvalue weighted by molar-refractivity contribution is 5.85. The zero-order valence-corrected chi connectivity index (χ0v) is 13.1. The molecule has 0 bridgehead atoms. The van der Waals surface area contributed by atoms with Crippen LogP contribution in [0.4, 0.5) is 0 Å². The lowest BCUT2D eigenvalue weighted by Crippen LogP contribution is -2.52. The average molecular weight is 299 g/mol. The molecule has 1 atom stereocenters. The van der Waals surface area contributed by atoms with Gasteiger partial charge < -0.3 is 15.0 Å². The molecule has 20 heavy (non-hydrogen) atoms. The summed E-state index contributed by atoms with van der Waals surface area (Å²) in [4.78, 5) is 13.9. The van der Waals surface area contributed by atoms with Crippen molar-refractivity contribution in [3.8, 4) is 5.75 Å². The standard InChI is InChI=1S/C15H22N2O2.ClH/c1-11-4-5-14(8-12(11)2)19-10-15(18)17-7-6-16-13(3)9-17;/h4-5,8,13,16H,6-7,9-10H2,1-3H3;1H. The largest absolute Gasteiger partial charge is 0.484 e. The van der Waals surface area contributed by atoms with Gasteiger partial charge in [0.05, 0.1) is 0 Å². The summed E-state index contributed by atoms with van der Waals surface area (Å²) >= 11 is 0. The van der Waals surface area contributed by atoms with E-state index in [4.69, 9.17) is 4.74 Å². The molecular weight excluding hydrogens is 276 g/mol. The predicted molar refractivity (Wildman–Crippen MR) is 82.7 cm³/mol. The third-order valence-electron chi connectivity index (χ3n) is 3.56. The number of rotatable bonds is 3. The Hall–Kier alpha value is -1.26. The maximum absolute atomic E-state index is 12.0. The van der Waals surface area contributed by atoms with Crippen LogP contribution in [0, 0.1) is 13.8 Å². The topological polar surface area (TPSA) is 41.6 Å². The summed E-state index contributed by atoms with van der Waals surface area (Å²) in [6.45, 7) is 8.69. The molecule has 1 fully saturated rings. The van der Waals surface area contributed by atoms with Gasteiger partial charge in [-0.1, -0.05) is 6.07 Å². The fourth-order valence-corrected chi connectivity index (χ4v) is 2.20. The Labute approximate surface area is 126 Å². The first-order chi connectivity index (χ1) is 9.06. The first-order valence-corrected chi connectivity index (χ1v) is 6.77. The highest BCUT2D eigenvalue weighted by Crippen LogP contribution is 2.16. The molecule has 1 aromatic carbocycles. The molecule has 1 heterocycles. The fourth-order valence-electron chi connectivity index (χ4n) is 2.20. The number of hydrogen-bond donors (Lipinski definition) is 1. The van der Waals surface area contributed by atoms with Gasteiger partial charge in [0.15, 0.2) is 6.61 Å². The molecular formula is C15H23ClN2O2. The number of carbonyl (C=O) groups is 1. The summed E-state index contributed by atoms with van der Waals surface area (Å²) in [7, 11) is 0. The van der Waals surface area contributed by atoms with Crippen molar-refractivity contribution < 1.29 is 9.53 Å². The monoisotopic (exact) mass is 298 g/mol. The molecule has 1 aromatic rings. The zero-order chi connectivity index (χ0) is 13.8. The molecule has 0 spiro atoms. The van der Waals surface area contributed by atoms with Gasteiger partial charge in [0.2, 0.25) is 0 Å². The van der Waals surface area contributed by atoms with Crippen LogP contribution < -0.4 is 10.1 Å². The summed E-state index contributed by atoms with van der Waals surface area (Å²) in [6.07, 6.45) is 0. The van der Waals surface area contributed by atoms with E-state index in [0.717, 1.165) is 25.4 Å². The van der Waals surface area contributed by atoms with Gasteiger partial charge in [-0.2, -0.15) is 0 Å². The number of carbonyl (C=O) groups excluding carboxylic acids is 1. The maximum atomic E-state index is 12.0. The lowest BCUT2D eigenvalue weighted by atomic mass is 10.1. The number of amides is 1. The quantitative estimate of drug-likeness (QED) is 0.927. The van der Waals surface area contributed by atoms with Crippen molar-refractivity contribution >= 4 is 18.3 Å². The maximum Gasteiger partial charge on any atom is 0.260 e. The van der Waals surface area contributed by atoms with Crippen LogP contribution in [0.5, 0.6) is 5.75 Å². The number of hydrogen-bond acceptors (Lipinski definition) is 3. The number of benzene rings is 1. The zero-order valence-electron chi connectivity index (χ0n) is 12.3. The number of piperazine rings is 1. The Morgan fingerprint density at radius 1 is 1.40 bits per heavy atom. The molecule has 1 aliphatic rings. The Morgan fingerprint density at radius 3 is 2.80 bits per heavy atom. The Balaban J connectivity index is 0.00000200. The summed E-state index contributed by atoms with van der Waals surface area (Å²) in [5.74, 6) is 0.825. The van der Waals surface area contributed by atoms with Crippen molar-refractivity contribution in [2.45, 2.75) is 26.8 Å². The van der Waals surface area contributed by atoms with E-state index >= 15 is 0 Å². The van der Waals surface area contributed by atoms with E-state index in [1.54, 1.807) is 0 Å². The minimum Gasteiger partial charge on any atom is -0.484 e. The highest BCUT2D eigenvalue weighted by Gasteiger charge is 2.20. The SMILES string of the molecule is Cc1ccc(OCC(=O)N2CCNC(C)C2)cc1C.Cl. The highest BCUT2D eigenvalue weighted by atomic mass is 35.5. The van der Waals surface area contributed by atoms with Gasteiger partial charge in [-0.05, 0) is 44.0 Å². The summed E-state index contributed by atoms with van der Waals surface area (Å²) in [5.41, 5.74) is 2.41. The van der Waals surface area contributed by atoms with E-state index in [2.05, 4.69) is 19.2 Å². The predicted octanol–water partition coefficient (Wildman–Crippen LogP) is 1.92. The molecule has 0 aromatic heterocycles. The van der Waals surface area contributed by atoms with Gasteiger partial charge in [0.25, 0.3) is 5.91 Å². The van der Waals surface area contributed by atoms with Crippen LogP contribution in [0.15, 0.2) is 18.2 Å². The number of aryl methyl sites for hydroxylation is 2. The number of halogens is 1. The van der Waals surface area contributed by atoms with E-state index in [9.17, 15) is 4.79 Å². The second-order valence-corrected chi connectivity index (χ2v) is 5.23. The molecule has 1 aliphatic heterocycles. The smallest absolute Gasteiger partial charge is 0.260 e. The van der Waals surface area contributed by atoms with Crippen LogP contribution >= 0.6 is 12.4 Å². The number of nitrogens with one attached hydrogen (secondary N) is 1. The van der Waals surface area contributed by atoms with Crippen molar-refractivity contribution in [2.75, 3.05) is 26.2 Å². The molecule has 1 N–H and O–H groups in total. The Bertz CT molecular complexity index is 465. The van der Waals surface area contributed by atoms with E-state index in [0.29, 0.717) is 6.04 Å². The molecule has 0 aliphatic carbocycles. The molecule has 5 heteroatoms. The summed E-state index contributed by atoms with van der Waals surface area (Å²) in [5, 5.41) is 3.32. The molecule has 0 radical (unpaired) electrons. The lowest BCUT2D eigenvalue weighted by molar-refractivity contribution is -0.134. The number of ether oxygens (including phenoxy) is 1. The van der Waals surface area contributed by atoms with Gasteiger partial charge in [-0.15, -0.1) is 12.4 Å². The van der Waals surface area contributed by atoms with Crippen molar-refractivity contribution in [3.63, 3.8) is 0 Å². The number of nitrogens with zero attached hydrogens (tertiary/aromatic N) is 1. The molecule has 112 valence electrons. The van der Waals surface area contributed by atoms with Crippen LogP contribution in [-0.2, 0) is 4.79 Å². The van der Waals surface area contributed by atoms with Crippen LogP contribution in [0.2, 0.25) is 0 Å². The molecule has 1 saturated heterocycles. The average Bonchev–Trinajstić information content (AvgIpc) is 2.40. The van der Waals surface area contributed by atoms with Crippen molar-refractivity contribution in [3.05, 3.63) is 29.3 Å². The van der Waals surface area contributed by atoms with Crippen LogP contribution in [0.3, 0.4) is 0 Å². The first kappa shape index (κ1) is 16.8. The minimum absolute atomic E-state index is 0. The van der Waals surface area contributed by atoms with Gasteiger partial charge >= 0.3 is 0 Å². The van der Waals surface area contributed by atoms with E-state index in [1.165, 1.54) is 11.1 Å². The lowest BCUT2D eigenvalue weighted by Gasteiger charge is -2.31. The second kappa shape index (κ2) is 7.50. The molecule has 4 nitrogen and oxygen atoms in total. The van der Waals surface area contributed by atoms with Gasteiger partial charge in [0.1, 0.15) is 5.75 Å². The Kier molecular flexibility index (Phi) is 6.30. The first-order valence-electron chi connectivity index (χ1n) is 6.77. The van der Waals surface area contributed by atoms with Crippen molar-refractivity contribution in [1.29, 1.82) is 0 Å². The van der Waals surface area contributed by atoms with Gasteiger partial charge in [0, 0.05) is 25.7 Å². The fraction of sp³-hybridized carbons (Fsp3) is 0.533. The molecule has 0 saturated carbocycles.